The minimum absolute atomic E-state index is 0.0957. The second-order valence-electron chi connectivity index (χ2n) is 4.21. The summed E-state index contributed by atoms with van der Waals surface area (Å²) in [5, 5.41) is 3.86. The fourth-order valence-electron chi connectivity index (χ4n) is 1.81. The molecule has 0 aliphatic rings. The van der Waals surface area contributed by atoms with Crippen molar-refractivity contribution in [2.45, 2.75) is 10.9 Å². The van der Waals surface area contributed by atoms with Crippen LogP contribution in [0.3, 0.4) is 0 Å². The second kappa shape index (κ2) is 7.31. The van der Waals surface area contributed by atoms with Crippen LogP contribution in [0.15, 0.2) is 45.9 Å². The number of thioether (sulfide) groups is 1. The lowest BCUT2D eigenvalue weighted by Crippen LogP contribution is -2.20. The maximum atomic E-state index is 6.00. The lowest BCUT2D eigenvalue weighted by atomic mass is 10.1. The van der Waals surface area contributed by atoms with E-state index in [-0.39, 0.29) is 6.04 Å². The van der Waals surface area contributed by atoms with Gasteiger partial charge in [-0.15, -0.1) is 11.8 Å². The van der Waals surface area contributed by atoms with Gasteiger partial charge in [0.05, 0.1) is 5.02 Å². The molecule has 0 fully saturated rings. The molecule has 0 spiro atoms. The molecule has 0 saturated heterocycles. The van der Waals surface area contributed by atoms with Crippen molar-refractivity contribution in [3.63, 3.8) is 0 Å². The molecule has 0 amide bonds. The van der Waals surface area contributed by atoms with E-state index in [1.807, 2.05) is 31.3 Å². The predicted octanol–water partition coefficient (Wildman–Crippen LogP) is 4.13. The fourth-order valence-corrected chi connectivity index (χ4v) is 3.68. The van der Waals surface area contributed by atoms with Gasteiger partial charge in [-0.25, -0.2) is 4.98 Å². The van der Waals surface area contributed by atoms with Gasteiger partial charge in [-0.05, 0) is 41.2 Å². The zero-order valence-electron chi connectivity index (χ0n) is 10.9. The first-order chi connectivity index (χ1) is 9.61. The fraction of sp³-hybridized carbons (Fsp3) is 0.214. The first-order valence-corrected chi connectivity index (χ1v) is 8.23. The predicted molar refractivity (Wildman–Crippen MR) is 90.3 cm³/mol. The highest BCUT2D eigenvalue weighted by Crippen LogP contribution is 2.32. The van der Waals surface area contributed by atoms with Gasteiger partial charge in [0.15, 0.2) is 0 Å². The summed E-state index contributed by atoms with van der Waals surface area (Å²) in [6, 6.07) is 10.1. The van der Waals surface area contributed by atoms with E-state index in [9.17, 15) is 0 Å². The molecule has 1 unspecified atom stereocenters. The topological polar surface area (TPSA) is 50.9 Å². The summed E-state index contributed by atoms with van der Waals surface area (Å²) in [6.07, 6.45) is 1.56. The molecule has 106 valence electrons. The maximum Gasteiger partial charge on any atom is 0.128 e. The van der Waals surface area contributed by atoms with Crippen LogP contribution in [0.5, 0.6) is 0 Å². The van der Waals surface area contributed by atoms with Gasteiger partial charge in [-0.3, -0.25) is 0 Å². The average molecular weight is 373 g/mol. The van der Waals surface area contributed by atoms with E-state index < -0.39 is 0 Å². The highest BCUT2D eigenvalue weighted by atomic mass is 79.9. The number of benzene rings is 1. The molecule has 1 atom stereocenters. The van der Waals surface area contributed by atoms with Crippen molar-refractivity contribution in [1.82, 2.24) is 10.3 Å². The number of anilines is 1. The number of nitrogen functional groups attached to an aromatic ring is 1. The third-order valence-electron chi connectivity index (χ3n) is 2.88. The van der Waals surface area contributed by atoms with E-state index in [1.165, 1.54) is 4.90 Å². The first-order valence-electron chi connectivity index (χ1n) is 6.07. The van der Waals surface area contributed by atoms with Crippen molar-refractivity contribution in [2.75, 3.05) is 18.5 Å². The van der Waals surface area contributed by atoms with Gasteiger partial charge in [0, 0.05) is 32.9 Å². The van der Waals surface area contributed by atoms with Gasteiger partial charge in [-0.1, -0.05) is 23.7 Å². The third-order valence-corrected chi connectivity index (χ3v) is 5.21. The van der Waals surface area contributed by atoms with Crippen LogP contribution in [0.1, 0.15) is 11.6 Å². The van der Waals surface area contributed by atoms with Crippen LogP contribution >= 0.6 is 39.3 Å². The number of nitrogens with one attached hydrogen (secondary N) is 1. The Labute approximate surface area is 136 Å². The molecule has 1 aromatic heterocycles. The number of hydrogen-bond donors (Lipinski definition) is 2. The van der Waals surface area contributed by atoms with Crippen molar-refractivity contribution in [3.8, 4) is 0 Å². The molecule has 1 heterocycles. The van der Waals surface area contributed by atoms with E-state index in [0.29, 0.717) is 10.8 Å². The molecular formula is C14H15BrClN3S. The van der Waals surface area contributed by atoms with Crippen molar-refractivity contribution >= 4 is 45.1 Å². The van der Waals surface area contributed by atoms with Crippen LogP contribution in [0, 0.1) is 0 Å². The number of nitrogens with two attached hydrogens (primary N) is 1. The molecule has 2 aromatic rings. The number of pyridine rings is 1. The molecule has 3 nitrogen and oxygen atoms in total. The largest absolute Gasteiger partial charge is 0.383 e. The summed E-state index contributed by atoms with van der Waals surface area (Å²) >= 11 is 11.3. The van der Waals surface area contributed by atoms with Crippen molar-refractivity contribution < 1.29 is 0 Å². The van der Waals surface area contributed by atoms with Crippen LogP contribution in [-0.2, 0) is 0 Å². The molecular weight excluding hydrogens is 358 g/mol. The van der Waals surface area contributed by atoms with Gasteiger partial charge in [-0.2, -0.15) is 0 Å². The Kier molecular flexibility index (Phi) is 5.72. The summed E-state index contributed by atoms with van der Waals surface area (Å²) < 4.78 is 1.09. The number of halogens is 2. The van der Waals surface area contributed by atoms with Crippen LogP contribution < -0.4 is 11.1 Å². The quantitative estimate of drug-likeness (QED) is 0.775. The minimum atomic E-state index is 0.0957. The molecule has 2 rings (SSSR count). The molecule has 0 aliphatic heterocycles. The van der Waals surface area contributed by atoms with E-state index in [1.54, 1.807) is 18.0 Å². The van der Waals surface area contributed by atoms with E-state index in [2.05, 4.69) is 32.3 Å². The molecule has 0 bridgehead atoms. The number of hydrogen-bond acceptors (Lipinski definition) is 4. The Morgan fingerprint density at radius 2 is 2.20 bits per heavy atom. The third kappa shape index (κ3) is 3.88. The normalized spacial score (nSPS) is 12.3. The Morgan fingerprint density at radius 3 is 2.90 bits per heavy atom. The molecule has 0 radical (unpaired) electrons. The number of rotatable bonds is 5. The number of nitrogens with zero attached hydrogens (tertiary/aromatic N) is 1. The van der Waals surface area contributed by atoms with Crippen LogP contribution in [0.2, 0.25) is 5.02 Å². The van der Waals surface area contributed by atoms with Gasteiger partial charge in [0.25, 0.3) is 0 Å². The molecule has 3 N–H and O–H groups in total. The average Bonchev–Trinajstić information content (AvgIpc) is 2.45. The van der Waals surface area contributed by atoms with Crippen molar-refractivity contribution in [2.24, 2.45) is 0 Å². The summed E-state index contributed by atoms with van der Waals surface area (Å²) in [6.45, 7) is 0. The Morgan fingerprint density at radius 1 is 1.45 bits per heavy atom. The zero-order chi connectivity index (χ0) is 14.5. The lowest BCUT2D eigenvalue weighted by molar-refractivity contribution is 0.661. The summed E-state index contributed by atoms with van der Waals surface area (Å²) in [5.41, 5.74) is 6.87. The SMILES string of the molecule is CNC(CSc1ccccc1Br)c1cc(Cl)cnc1N. The van der Waals surface area contributed by atoms with E-state index in [0.717, 1.165) is 15.8 Å². The molecule has 0 aliphatic carbocycles. The van der Waals surface area contributed by atoms with Gasteiger partial charge in [0.1, 0.15) is 5.82 Å². The van der Waals surface area contributed by atoms with Gasteiger partial charge < -0.3 is 11.1 Å². The molecule has 6 heteroatoms. The van der Waals surface area contributed by atoms with Crippen molar-refractivity contribution in [3.05, 3.63) is 51.6 Å². The Hall–Kier alpha value is -0.750. The highest BCUT2D eigenvalue weighted by Gasteiger charge is 2.15. The highest BCUT2D eigenvalue weighted by molar-refractivity contribution is 9.10. The summed E-state index contributed by atoms with van der Waals surface area (Å²) in [7, 11) is 1.91. The van der Waals surface area contributed by atoms with Crippen LogP contribution in [0.25, 0.3) is 0 Å². The number of aromatic nitrogens is 1. The maximum absolute atomic E-state index is 6.00. The smallest absolute Gasteiger partial charge is 0.128 e. The first kappa shape index (κ1) is 15.6. The summed E-state index contributed by atoms with van der Waals surface area (Å²) in [5.74, 6) is 1.35. The second-order valence-corrected chi connectivity index (χ2v) is 6.56. The van der Waals surface area contributed by atoms with Crippen LogP contribution in [0.4, 0.5) is 5.82 Å². The minimum Gasteiger partial charge on any atom is -0.383 e. The van der Waals surface area contributed by atoms with E-state index >= 15 is 0 Å². The van der Waals surface area contributed by atoms with E-state index in [4.69, 9.17) is 17.3 Å². The molecule has 0 saturated carbocycles. The molecule has 20 heavy (non-hydrogen) atoms. The van der Waals surface area contributed by atoms with Gasteiger partial charge in [0.2, 0.25) is 0 Å². The Balaban J connectivity index is 2.13. The zero-order valence-corrected chi connectivity index (χ0v) is 14.1. The van der Waals surface area contributed by atoms with Gasteiger partial charge >= 0.3 is 0 Å². The lowest BCUT2D eigenvalue weighted by Gasteiger charge is -2.18. The summed E-state index contributed by atoms with van der Waals surface area (Å²) in [4.78, 5) is 5.30. The van der Waals surface area contributed by atoms with Crippen molar-refractivity contribution in [1.29, 1.82) is 0 Å². The molecule has 1 aromatic carbocycles. The standard InChI is InChI=1S/C14H15BrClN3S/c1-18-12(10-6-9(16)7-19-14(10)17)8-20-13-5-3-2-4-11(13)15/h2-7,12,18H,8H2,1H3,(H2,17,19). The monoisotopic (exact) mass is 371 g/mol. The Bertz CT molecular complexity index is 594. The van der Waals surface area contributed by atoms with Crippen LogP contribution in [-0.4, -0.2) is 17.8 Å².